The van der Waals surface area contributed by atoms with E-state index in [-0.39, 0.29) is 12.5 Å². The summed E-state index contributed by atoms with van der Waals surface area (Å²) in [5.74, 6) is -1.20. The van der Waals surface area contributed by atoms with E-state index in [0.717, 1.165) is 10.2 Å². The fraction of sp³-hybridized carbons (Fsp3) is 0.333. The monoisotopic (exact) mass is 377 g/mol. The maximum absolute atomic E-state index is 12.3. The van der Waals surface area contributed by atoms with E-state index in [1.807, 2.05) is 0 Å². The van der Waals surface area contributed by atoms with E-state index >= 15 is 0 Å². The van der Waals surface area contributed by atoms with Gasteiger partial charge in [0.25, 0.3) is 5.56 Å². The van der Waals surface area contributed by atoms with Crippen molar-refractivity contribution in [2.75, 3.05) is 7.11 Å². The van der Waals surface area contributed by atoms with Crippen LogP contribution in [0.1, 0.15) is 13.8 Å². The lowest BCUT2D eigenvalue weighted by molar-refractivity contribution is -0.146. The minimum absolute atomic E-state index is 0.156. The van der Waals surface area contributed by atoms with E-state index < -0.39 is 23.5 Å². The van der Waals surface area contributed by atoms with Crippen LogP contribution in [-0.4, -0.2) is 34.8 Å². The molecule has 1 atom stereocenters. The van der Waals surface area contributed by atoms with Gasteiger partial charge >= 0.3 is 5.97 Å². The molecular weight excluding hydrogens is 358 g/mol. The van der Waals surface area contributed by atoms with Gasteiger partial charge in [-0.3, -0.25) is 9.59 Å². The largest absolute Gasteiger partial charge is 0.467 e. The van der Waals surface area contributed by atoms with Gasteiger partial charge in [0.05, 0.1) is 12.8 Å². The maximum Gasteiger partial charge on any atom is 0.328 e. The number of carbonyl (C=O) groups is 2. The Bertz CT molecular complexity index is 846. The van der Waals surface area contributed by atoms with Gasteiger partial charge in [-0.15, -0.1) is 0 Å². The van der Waals surface area contributed by atoms with Crippen LogP contribution in [0.4, 0.5) is 0 Å². The number of nitrogens with one attached hydrogen (secondary N) is 1. The van der Waals surface area contributed by atoms with Crippen molar-refractivity contribution in [2.45, 2.75) is 26.4 Å². The lowest BCUT2D eigenvalue weighted by Gasteiger charge is -2.19. The molecule has 1 aromatic heterocycles. The van der Waals surface area contributed by atoms with Crippen molar-refractivity contribution in [1.29, 1.82) is 0 Å². The first-order valence-electron chi connectivity index (χ1n) is 8.03. The summed E-state index contributed by atoms with van der Waals surface area (Å²) >= 11 is 5.87. The van der Waals surface area contributed by atoms with Gasteiger partial charge in [0, 0.05) is 16.7 Å². The average Bonchev–Trinajstić information content (AvgIpc) is 2.61. The molecule has 2 rings (SSSR count). The van der Waals surface area contributed by atoms with E-state index in [4.69, 9.17) is 11.6 Å². The van der Waals surface area contributed by atoms with Crippen molar-refractivity contribution >= 4 is 23.5 Å². The van der Waals surface area contributed by atoms with E-state index in [0.29, 0.717) is 10.7 Å². The molecule has 0 saturated heterocycles. The molecule has 0 aliphatic heterocycles. The molecule has 0 radical (unpaired) electrons. The number of hydrogen-bond acceptors (Lipinski definition) is 5. The third-order valence-corrected chi connectivity index (χ3v) is 3.99. The van der Waals surface area contributed by atoms with Crippen molar-refractivity contribution in [2.24, 2.45) is 5.92 Å². The topological polar surface area (TPSA) is 90.3 Å². The number of rotatable bonds is 6. The summed E-state index contributed by atoms with van der Waals surface area (Å²) in [5.41, 5.74) is 0.873. The number of carbonyl (C=O) groups excluding carboxylic acids is 2. The minimum Gasteiger partial charge on any atom is -0.467 e. The molecule has 138 valence electrons. The highest BCUT2D eigenvalue weighted by atomic mass is 35.5. The van der Waals surface area contributed by atoms with Crippen LogP contribution in [0.5, 0.6) is 0 Å². The van der Waals surface area contributed by atoms with Crippen LogP contribution in [0.3, 0.4) is 0 Å². The molecule has 7 nitrogen and oxygen atoms in total. The lowest BCUT2D eigenvalue weighted by atomic mass is 10.0. The fourth-order valence-corrected chi connectivity index (χ4v) is 2.44. The quantitative estimate of drug-likeness (QED) is 0.776. The van der Waals surface area contributed by atoms with Crippen molar-refractivity contribution in [3.63, 3.8) is 0 Å². The predicted molar refractivity (Wildman–Crippen MR) is 97.7 cm³/mol. The summed E-state index contributed by atoms with van der Waals surface area (Å²) in [5, 5.41) is 7.38. The molecule has 26 heavy (non-hydrogen) atoms. The molecular formula is C18H20ClN3O4. The average molecular weight is 378 g/mol. The first kappa shape index (κ1) is 19.7. The zero-order valence-electron chi connectivity index (χ0n) is 14.7. The van der Waals surface area contributed by atoms with Crippen molar-refractivity contribution in [1.82, 2.24) is 15.1 Å². The van der Waals surface area contributed by atoms with Gasteiger partial charge in [0.15, 0.2) is 0 Å². The van der Waals surface area contributed by atoms with Crippen molar-refractivity contribution in [3.8, 4) is 11.3 Å². The van der Waals surface area contributed by atoms with Gasteiger partial charge < -0.3 is 10.1 Å². The number of benzene rings is 1. The normalized spacial score (nSPS) is 11.9. The molecule has 8 heteroatoms. The second kappa shape index (κ2) is 8.62. The van der Waals surface area contributed by atoms with Crippen LogP contribution in [0, 0.1) is 5.92 Å². The predicted octanol–water partition coefficient (Wildman–Crippen LogP) is 1.88. The number of hydrogen-bond donors (Lipinski definition) is 1. The van der Waals surface area contributed by atoms with Crippen molar-refractivity contribution in [3.05, 3.63) is 51.8 Å². The zero-order chi connectivity index (χ0) is 19.3. The van der Waals surface area contributed by atoms with Crippen LogP contribution in [-0.2, 0) is 20.9 Å². The van der Waals surface area contributed by atoms with Gasteiger partial charge in [-0.05, 0) is 24.1 Å². The third-order valence-electron chi connectivity index (χ3n) is 3.74. The molecule has 0 spiro atoms. The highest BCUT2D eigenvalue weighted by molar-refractivity contribution is 6.30. The molecule has 0 aliphatic rings. The number of amides is 1. The smallest absolute Gasteiger partial charge is 0.328 e. The molecule has 1 amide bonds. The van der Waals surface area contributed by atoms with Crippen molar-refractivity contribution < 1.29 is 14.3 Å². The van der Waals surface area contributed by atoms with Gasteiger partial charge in [-0.2, -0.15) is 5.10 Å². The summed E-state index contributed by atoms with van der Waals surface area (Å²) in [7, 11) is 1.26. The summed E-state index contributed by atoms with van der Waals surface area (Å²) < 4.78 is 5.74. The van der Waals surface area contributed by atoms with Gasteiger partial charge in [0.2, 0.25) is 5.91 Å². The van der Waals surface area contributed by atoms with E-state index in [1.165, 1.54) is 13.2 Å². The number of ether oxygens (including phenoxy) is 1. The molecule has 0 fully saturated rings. The molecule has 0 bridgehead atoms. The molecule has 2 aromatic rings. The van der Waals surface area contributed by atoms with Crippen LogP contribution in [0.15, 0.2) is 41.2 Å². The van der Waals surface area contributed by atoms with Crippen LogP contribution >= 0.6 is 11.6 Å². The molecule has 1 aromatic carbocycles. The maximum atomic E-state index is 12.3. The number of halogens is 1. The Kier molecular flexibility index (Phi) is 6.52. The second-order valence-corrected chi connectivity index (χ2v) is 6.47. The van der Waals surface area contributed by atoms with Gasteiger partial charge in [-0.1, -0.05) is 37.6 Å². The summed E-state index contributed by atoms with van der Waals surface area (Å²) in [6, 6.07) is 9.09. The number of methoxy groups -OCH3 is 1. The van der Waals surface area contributed by atoms with Crippen LogP contribution in [0.2, 0.25) is 5.02 Å². The Hall–Kier alpha value is -2.67. The zero-order valence-corrected chi connectivity index (χ0v) is 15.5. The third kappa shape index (κ3) is 4.92. The van der Waals surface area contributed by atoms with Gasteiger partial charge in [-0.25, -0.2) is 9.48 Å². The standard InChI is InChI=1S/C18H20ClN3O4/c1-11(2)17(18(25)26-3)20-15(23)10-22-16(24)9-8-14(21-22)12-4-6-13(19)7-5-12/h4-9,11,17H,10H2,1-3H3,(H,20,23)/t17-/m0/s1. The van der Waals surface area contributed by atoms with E-state index in [2.05, 4.69) is 15.2 Å². The Balaban J connectivity index is 2.19. The molecule has 1 heterocycles. The Morgan fingerprint density at radius 3 is 2.42 bits per heavy atom. The lowest BCUT2D eigenvalue weighted by Crippen LogP contribution is -2.47. The molecule has 0 aliphatic carbocycles. The van der Waals surface area contributed by atoms with Crippen LogP contribution in [0.25, 0.3) is 11.3 Å². The summed E-state index contributed by atoms with van der Waals surface area (Å²) in [4.78, 5) is 36.0. The van der Waals surface area contributed by atoms with Gasteiger partial charge in [0.1, 0.15) is 12.6 Å². The molecule has 0 unspecified atom stereocenters. The Labute approximate surface area is 155 Å². The highest BCUT2D eigenvalue weighted by Crippen LogP contribution is 2.18. The summed E-state index contributed by atoms with van der Waals surface area (Å²) in [6.45, 7) is 3.27. The Morgan fingerprint density at radius 2 is 1.85 bits per heavy atom. The number of nitrogens with zero attached hydrogens (tertiary/aromatic N) is 2. The van der Waals surface area contributed by atoms with Crippen LogP contribution < -0.4 is 10.9 Å². The van der Waals surface area contributed by atoms with E-state index in [1.54, 1.807) is 44.2 Å². The second-order valence-electron chi connectivity index (χ2n) is 6.03. The Morgan fingerprint density at radius 1 is 1.19 bits per heavy atom. The molecule has 0 saturated carbocycles. The summed E-state index contributed by atoms with van der Waals surface area (Å²) in [6.07, 6.45) is 0. The fourth-order valence-electron chi connectivity index (χ4n) is 2.32. The minimum atomic E-state index is -0.789. The number of esters is 1. The molecule has 1 N–H and O–H groups in total. The first-order chi connectivity index (χ1) is 12.3. The number of aromatic nitrogens is 2. The highest BCUT2D eigenvalue weighted by Gasteiger charge is 2.25. The SMILES string of the molecule is COC(=O)[C@@H](NC(=O)Cn1nc(-c2ccc(Cl)cc2)ccc1=O)C(C)C. The first-order valence-corrected chi connectivity index (χ1v) is 8.41. The van der Waals surface area contributed by atoms with E-state index in [9.17, 15) is 14.4 Å².